The second-order valence-electron chi connectivity index (χ2n) is 10.3. The van der Waals surface area contributed by atoms with E-state index < -0.39 is 0 Å². The largest absolute Gasteiger partial charge is 0.299 e. The summed E-state index contributed by atoms with van der Waals surface area (Å²) in [6.45, 7) is 10.4. The third kappa shape index (κ3) is 5.96. The van der Waals surface area contributed by atoms with Crippen LogP contribution in [0.1, 0.15) is 93.4 Å². The fourth-order valence-electron chi connectivity index (χ4n) is 6.68. The zero-order valence-electron chi connectivity index (χ0n) is 20.7. The van der Waals surface area contributed by atoms with Crippen LogP contribution < -0.4 is 0 Å². The van der Waals surface area contributed by atoms with Crippen LogP contribution in [-0.2, 0) is 12.8 Å². The monoisotopic (exact) mass is 444 g/mol. The average molecular weight is 445 g/mol. The topological polar surface area (TPSA) is 16.1 Å². The SMILES string of the molecule is C=C/C=C\C(=C/C=C)C1C(c2ccnc3c2CCCCCCC3)CN2CCCCCCCC12. The van der Waals surface area contributed by atoms with Gasteiger partial charge >= 0.3 is 0 Å². The Kier molecular flexibility index (Phi) is 9.17. The highest BCUT2D eigenvalue weighted by atomic mass is 15.2. The van der Waals surface area contributed by atoms with E-state index in [0.717, 1.165) is 6.42 Å². The number of rotatable bonds is 5. The van der Waals surface area contributed by atoms with Crippen molar-refractivity contribution in [1.29, 1.82) is 0 Å². The first-order valence-electron chi connectivity index (χ1n) is 13.7. The third-order valence-corrected chi connectivity index (χ3v) is 8.23. The molecule has 3 heterocycles. The highest BCUT2D eigenvalue weighted by Gasteiger charge is 2.43. The molecule has 0 spiro atoms. The summed E-state index contributed by atoms with van der Waals surface area (Å²) < 4.78 is 0. The lowest BCUT2D eigenvalue weighted by atomic mass is 9.76. The van der Waals surface area contributed by atoms with Gasteiger partial charge in [0.25, 0.3) is 0 Å². The Balaban J connectivity index is 1.77. The molecule has 3 unspecified atom stereocenters. The van der Waals surface area contributed by atoms with Crippen molar-refractivity contribution in [2.24, 2.45) is 5.92 Å². The summed E-state index contributed by atoms with van der Waals surface area (Å²) in [5.41, 5.74) is 6.00. The summed E-state index contributed by atoms with van der Waals surface area (Å²) in [6, 6.07) is 3.00. The van der Waals surface area contributed by atoms with Crippen LogP contribution in [0.15, 0.2) is 61.4 Å². The van der Waals surface area contributed by atoms with Gasteiger partial charge in [-0.05, 0) is 67.8 Å². The molecule has 1 aromatic rings. The highest BCUT2D eigenvalue weighted by Crippen LogP contribution is 2.46. The Hall–Kier alpha value is -1.93. The van der Waals surface area contributed by atoms with Crippen LogP contribution in [0.4, 0.5) is 0 Å². The molecule has 3 atom stereocenters. The Morgan fingerprint density at radius 3 is 2.48 bits per heavy atom. The molecule has 0 amide bonds. The fraction of sp³-hybridized carbons (Fsp3) is 0.581. The van der Waals surface area contributed by atoms with Crippen LogP contribution >= 0.6 is 0 Å². The van der Waals surface area contributed by atoms with Crippen molar-refractivity contribution >= 4 is 0 Å². The van der Waals surface area contributed by atoms with Crippen molar-refractivity contribution in [3.63, 3.8) is 0 Å². The molecule has 1 aliphatic carbocycles. The van der Waals surface area contributed by atoms with Gasteiger partial charge in [-0.1, -0.05) is 88.5 Å². The minimum atomic E-state index is 0.511. The Labute approximate surface area is 202 Å². The molecule has 4 rings (SSSR count). The molecule has 0 N–H and O–H groups in total. The minimum absolute atomic E-state index is 0.511. The Morgan fingerprint density at radius 1 is 0.909 bits per heavy atom. The number of aromatic nitrogens is 1. The molecule has 2 aliphatic heterocycles. The predicted molar refractivity (Wildman–Crippen MR) is 142 cm³/mol. The van der Waals surface area contributed by atoms with E-state index in [2.05, 4.69) is 48.5 Å². The van der Waals surface area contributed by atoms with Crippen LogP contribution in [0.3, 0.4) is 0 Å². The second-order valence-corrected chi connectivity index (χ2v) is 10.3. The molecule has 0 radical (unpaired) electrons. The van der Waals surface area contributed by atoms with E-state index in [1.807, 2.05) is 12.2 Å². The Morgan fingerprint density at radius 2 is 1.67 bits per heavy atom. The molecule has 0 bridgehead atoms. The lowest BCUT2D eigenvalue weighted by molar-refractivity contribution is 0.224. The molecule has 2 fully saturated rings. The van der Waals surface area contributed by atoms with Gasteiger partial charge in [-0.2, -0.15) is 0 Å². The number of pyridine rings is 1. The van der Waals surface area contributed by atoms with Crippen LogP contribution in [0.25, 0.3) is 0 Å². The maximum Gasteiger partial charge on any atom is 0.0438 e. The van der Waals surface area contributed by atoms with Crippen molar-refractivity contribution in [3.05, 3.63) is 78.2 Å². The van der Waals surface area contributed by atoms with Gasteiger partial charge in [0.15, 0.2) is 0 Å². The number of fused-ring (bicyclic) bond motifs is 2. The van der Waals surface area contributed by atoms with E-state index in [-0.39, 0.29) is 0 Å². The van der Waals surface area contributed by atoms with Gasteiger partial charge in [0.05, 0.1) is 0 Å². The molecule has 2 heteroatoms. The minimum Gasteiger partial charge on any atom is -0.299 e. The summed E-state index contributed by atoms with van der Waals surface area (Å²) in [6.07, 6.45) is 29.9. The Bertz CT molecular complexity index is 848. The number of nitrogens with zero attached hydrogens (tertiary/aromatic N) is 2. The van der Waals surface area contributed by atoms with Crippen molar-refractivity contribution in [3.8, 4) is 0 Å². The summed E-state index contributed by atoms with van der Waals surface area (Å²) in [5.74, 6) is 1.05. The zero-order valence-corrected chi connectivity index (χ0v) is 20.7. The zero-order chi connectivity index (χ0) is 22.9. The summed E-state index contributed by atoms with van der Waals surface area (Å²) >= 11 is 0. The number of allylic oxidation sites excluding steroid dienone is 5. The molecule has 33 heavy (non-hydrogen) atoms. The first-order valence-corrected chi connectivity index (χ1v) is 13.7. The first-order chi connectivity index (χ1) is 16.3. The fourth-order valence-corrected chi connectivity index (χ4v) is 6.68. The number of hydrogen-bond acceptors (Lipinski definition) is 2. The van der Waals surface area contributed by atoms with E-state index in [1.165, 1.54) is 101 Å². The normalized spacial score (nSPS) is 27.9. The van der Waals surface area contributed by atoms with Gasteiger partial charge < -0.3 is 0 Å². The van der Waals surface area contributed by atoms with Gasteiger partial charge in [0, 0.05) is 36.3 Å². The van der Waals surface area contributed by atoms with Gasteiger partial charge in [-0.3, -0.25) is 9.88 Å². The lowest BCUT2D eigenvalue weighted by Gasteiger charge is -2.30. The molecule has 0 saturated carbocycles. The van der Waals surface area contributed by atoms with Gasteiger partial charge in [0.2, 0.25) is 0 Å². The highest BCUT2D eigenvalue weighted by molar-refractivity contribution is 5.41. The molecule has 3 aliphatic rings. The second kappa shape index (κ2) is 12.5. The van der Waals surface area contributed by atoms with Crippen LogP contribution in [0.5, 0.6) is 0 Å². The third-order valence-electron chi connectivity index (χ3n) is 8.23. The smallest absolute Gasteiger partial charge is 0.0438 e. The van der Waals surface area contributed by atoms with Crippen LogP contribution in [0, 0.1) is 5.92 Å². The van der Waals surface area contributed by atoms with E-state index in [0.29, 0.717) is 17.9 Å². The van der Waals surface area contributed by atoms with Gasteiger partial charge in [-0.25, -0.2) is 0 Å². The van der Waals surface area contributed by atoms with Gasteiger partial charge in [0.1, 0.15) is 0 Å². The maximum atomic E-state index is 4.91. The maximum absolute atomic E-state index is 4.91. The molecule has 2 nitrogen and oxygen atoms in total. The molecule has 1 aromatic heterocycles. The summed E-state index contributed by atoms with van der Waals surface area (Å²) in [7, 11) is 0. The van der Waals surface area contributed by atoms with E-state index in [9.17, 15) is 0 Å². The van der Waals surface area contributed by atoms with Gasteiger partial charge in [-0.15, -0.1) is 0 Å². The first kappa shape index (κ1) is 24.2. The van der Waals surface area contributed by atoms with E-state index in [1.54, 1.807) is 11.1 Å². The van der Waals surface area contributed by atoms with E-state index in [4.69, 9.17) is 4.98 Å². The van der Waals surface area contributed by atoms with Crippen molar-refractivity contribution in [2.45, 2.75) is 95.4 Å². The molecule has 2 saturated heterocycles. The number of aryl methyl sites for hydroxylation is 1. The summed E-state index contributed by atoms with van der Waals surface area (Å²) in [5, 5.41) is 0. The quantitative estimate of drug-likeness (QED) is 0.432. The lowest BCUT2D eigenvalue weighted by Crippen LogP contribution is -2.33. The molecule has 0 aromatic carbocycles. The molecule has 178 valence electrons. The van der Waals surface area contributed by atoms with Crippen molar-refractivity contribution in [1.82, 2.24) is 9.88 Å². The standard InChI is InChI=1S/C31H44N2/c1-3-5-17-25(16-4-2)31-28(24-33-23-15-11-7-10-14-20-30(31)33)26-21-22-32-29-19-13-9-6-8-12-18-27(26)29/h3-5,16-17,21-22,28,30-31H,1-2,6-15,18-20,23-24H2/b17-5-,25-16+. The predicted octanol–water partition coefficient (Wildman–Crippen LogP) is 7.72. The van der Waals surface area contributed by atoms with Crippen molar-refractivity contribution < 1.29 is 0 Å². The van der Waals surface area contributed by atoms with Crippen LogP contribution in [0.2, 0.25) is 0 Å². The number of hydrogen-bond donors (Lipinski definition) is 0. The molecular formula is C31H44N2. The van der Waals surface area contributed by atoms with E-state index >= 15 is 0 Å². The summed E-state index contributed by atoms with van der Waals surface area (Å²) in [4.78, 5) is 7.76. The average Bonchev–Trinajstić information content (AvgIpc) is 3.27. The van der Waals surface area contributed by atoms with Crippen molar-refractivity contribution in [2.75, 3.05) is 13.1 Å². The van der Waals surface area contributed by atoms with Crippen LogP contribution in [-0.4, -0.2) is 29.0 Å². The molecular weight excluding hydrogens is 400 g/mol.